The lowest BCUT2D eigenvalue weighted by Crippen LogP contribution is -2.19. The molecule has 1 aromatic carbocycles. The Labute approximate surface area is 140 Å². The van der Waals surface area contributed by atoms with E-state index in [-0.39, 0.29) is 11.5 Å². The van der Waals surface area contributed by atoms with E-state index < -0.39 is 0 Å². The first kappa shape index (κ1) is 14.2. The van der Waals surface area contributed by atoms with Gasteiger partial charge in [0.05, 0.1) is 21.6 Å². The molecule has 0 saturated heterocycles. The molecule has 0 spiro atoms. The van der Waals surface area contributed by atoms with Crippen LogP contribution in [0.15, 0.2) is 49.1 Å². The molecule has 1 aromatic rings. The lowest BCUT2D eigenvalue weighted by Gasteiger charge is -2.12. The first-order chi connectivity index (χ1) is 8.49. The minimum atomic E-state index is -0.187. The summed E-state index contributed by atoms with van der Waals surface area (Å²) in [4.78, 5) is 16.0. The third kappa shape index (κ3) is 3.02. The van der Waals surface area contributed by atoms with Gasteiger partial charge >= 0.3 is 0 Å². The number of ketones is 1. The van der Waals surface area contributed by atoms with Crippen LogP contribution in [-0.2, 0) is 4.79 Å². The van der Waals surface area contributed by atoms with E-state index >= 15 is 0 Å². The molecule has 1 aliphatic rings. The van der Waals surface area contributed by atoms with Gasteiger partial charge in [0.25, 0.3) is 0 Å². The van der Waals surface area contributed by atoms with Crippen molar-refractivity contribution in [1.29, 1.82) is 0 Å². The molecule has 1 aliphatic carbocycles. The predicted octanol–water partition coefficient (Wildman–Crippen LogP) is 3.83. The molecule has 0 amide bonds. The smallest absolute Gasteiger partial charge is 0.203 e. The van der Waals surface area contributed by atoms with Crippen LogP contribution in [0.5, 0.6) is 0 Å². The molecule has 0 fully saturated rings. The summed E-state index contributed by atoms with van der Waals surface area (Å²) < 4.78 is 2.48. The minimum absolute atomic E-state index is 0.187. The van der Waals surface area contributed by atoms with Gasteiger partial charge in [-0.3, -0.25) is 4.79 Å². The third-order valence-corrected chi connectivity index (χ3v) is 4.61. The van der Waals surface area contributed by atoms with E-state index in [1.165, 1.54) is 6.08 Å². The summed E-state index contributed by atoms with van der Waals surface area (Å²) in [5.74, 6) is -0.187. The van der Waals surface area contributed by atoms with Crippen LogP contribution in [-0.4, -0.2) is 11.5 Å². The number of allylic oxidation sites excluding steroid dienone is 3. The van der Waals surface area contributed by atoms with E-state index in [1.54, 1.807) is 0 Å². The Kier molecular flexibility index (Phi) is 4.59. The molecule has 0 heterocycles. The predicted molar refractivity (Wildman–Crippen MR) is 93.5 cm³/mol. The summed E-state index contributed by atoms with van der Waals surface area (Å²) >= 11 is 7.65. The molecule has 0 aliphatic heterocycles. The Bertz CT molecular complexity index is 603. The topological polar surface area (TPSA) is 55.4 Å². The van der Waals surface area contributed by atoms with Crippen molar-refractivity contribution in [2.45, 2.75) is 0 Å². The Morgan fingerprint density at radius 1 is 1.17 bits per heavy atom. The summed E-state index contributed by atoms with van der Waals surface area (Å²) in [6, 6.07) is 7.80. The molecule has 0 bridgehead atoms. The summed E-state index contributed by atoms with van der Waals surface area (Å²) in [6.45, 7) is 0. The SMILES string of the molecule is NC1=C(Br)C(=Nc2ccc(I)cc2)C(I)=CC1=O. The summed E-state index contributed by atoms with van der Waals surface area (Å²) in [6.07, 6.45) is 1.49. The van der Waals surface area contributed by atoms with Gasteiger partial charge in [-0.2, -0.15) is 0 Å². The lowest BCUT2D eigenvalue weighted by atomic mass is 10.1. The van der Waals surface area contributed by atoms with Gasteiger partial charge in [-0.1, -0.05) is 0 Å². The zero-order chi connectivity index (χ0) is 13.3. The van der Waals surface area contributed by atoms with Crippen LogP contribution in [0.3, 0.4) is 0 Å². The van der Waals surface area contributed by atoms with Crippen molar-refractivity contribution in [3.63, 3.8) is 0 Å². The highest BCUT2D eigenvalue weighted by Crippen LogP contribution is 2.29. The van der Waals surface area contributed by atoms with Gasteiger partial charge in [0.2, 0.25) is 5.78 Å². The van der Waals surface area contributed by atoms with Crippen molar-refractivity contribution in [3.05, 3.63) is 47.7 Å². The van der Waals surface area contributed by atoms with Gasteiger partial charge in [0.15, 0.2) is 0 Å². The van der Waals surface area contributed by atoms with Gasteiger partial charge < -0.3 is 5.73 Å². The van der Waals surface area contributed by atoms with Crippen molar-refractivity contribution >= 4 is 78.3 Å². The van der Waals surface area contributed by atoms with Crippen molar-refractivity contribution in [1.82, 2.24) is 0 Å². The average molecular weight is 529 g/mol. The van der Waals surface area contributed by atoms with Crippen LogP contribution < -0.4 is 5.73 Å². The molecule has 0 aromatic heterocycles. The van der Waals surface area contributed by atoms with Gasteiger partial charge in [0.1, 0.15) is 0 Å². The monoisotopic (exact) mass is 528 g/mol. The maximum atomic E-state index is 11.5. The Hall–Kier alpha value is -0.220. The highest BCUT2D eigenvalue weighted by atomic mass is 127. The van der Waals surface area contributed by atoms with E-state index in [9.17, 15) is 4.79 Å². The van der Waals surface area contributed by atoms with Crippen LogP contribution in [0.4, 0.5) is 5.69 Å². The Morgan fingerprint density at radius 2 is 1.78 bits per heavy atom. The van der Waals surface area contributed by atoms with Crippen molar-refractivity contribution in [2.24, 2.45) is 10.7 Å². The van der Waals surface area contributed by atoms with Crippen molar-refractivity contribution < 1.29 is 4.79 Å². The molecule has 0 saturated carbocycles. The standard InChI is InChI=1S/C12H7BrI2N2O/c13-10-11(16)9(18)5-8(15)12(10)17-7-3-1-6(14)2-4-7/h1-5H,16H2. The summed E-state index contributed by atoms with van der Waals surface area (Å²) in [5.41, 5.74) is 7.41. The van der Waals surface area contributed by atoms with Crippen LogP contribution in [0.1, 0.15) is 0 Å². The number of benzene rings is 1. The molecule has 2 rings (SSSR count). The van der Waals surface area contributed by atoms with E-state index in [0.29, 0.717) is 10.2 Å². The summed E-state index contributed by atoms with van der Waals surface area (Å²) in [5, 5.41) is 0. The zero-order valence-electron chi connectivity index (χ0n) is 8.95. The largest absolute Gasteiger partial charge is 0.395 e. The number of hydrogen-bond acceptors (Lipinski definition) is 3. The minimum Gasteiger partial charge on any atom is -0.395 e. The van der Waals surface area contributed by atoms with Crippen molar-refractivity contribution in [3.8, 4) is 0 Å². The van der Waals surface area contributed by atoms with Gasteiger partial charge in [0, 0.05) is 13.2 Å². The van der Waals surface area contributed by atoms with E-state index in [1.807, 2.05) is 24.3 Å². The quantitative estimate of drug-likeness (QED) is 0.445. The highest BCUT2D eigenvalue weighted by Gasteiger charge is 2.22. The maximum absolute atomic E-state index is 11.5. The molecule has 0 atom stereocenters. The van der Waals surface area contributed by atoms with Gasteiger partial charge in [-0.15, -0.1) is 0 Å². The van der Waals surface area contributed by atoms with E-state index in [4.69, 9.17) is 5.73 Å². The number of carbonyl (C=O) groups is 1. The van der Waals surface area contributed by atoms with Crippen LogP contribution in [0.25, 0.3) is 0 Å². The fourth-order valence-corrected chi connectivity index (χ4v) is 3.25. The average Bonchev–Trinajstić information content (AvgIpc) is 2.34. The number of aliphatic imine (C=N–C) groups is 1. The molecular formula is C12H7BrI2N2O. The van der Waals surface area contributed by atoms with Crippen molar-refractivity contribution in [2.75, 3.05) is 0 Å². The number of rotatable bonds is 1. The Balaban J connectivity index is 2.47. The first-order valence-electron chi connectivity index (χ1n) is 4.91. The molecule has 0 unspecified atom stereocenters. The fourth-order valence-electron chi connectivity index (χ4n) is 1.35. The van der Waals surface area contributed by atoms with Gasteiger partial charge in [-0.05, 0) is 85.4 Å². The number of hydrogen-bond donors (Lipinski definition) is 1. The highest BCUT2D eigenvalue weighted by molar-refractivity contribution is 14.1. The number of nitrogens with two attached hydrogens (primary N) is 1. The van der Waals surface area contributed by atoms with E-state index in [2.05, 4.69) is 66.1 Å². The fraction of sp³-hybridized carbons (Fsp3) is 0. The number of carbonyl (C=O) groups excluding carboxylic acids is 1. The Morgan fingerprint density at radius 3 is 2.39 bits per heavy atom. The zero-order valence-corrected chi connectivity index (χ0v) is 14.9. The molecule has 2 N–H and O–H groups in total. The lowest BCUT2D eigenvalue weighted by molar-refractivity contribution is -0.111. The maximum Gasteiger partial charge on any atom is 0.203 e. The third-order valence-electron chi connectivity index (χ3n) is 2.26. The van der Waals surface area contributed by atoms with E-state index in [0.717, 1.165) is 12.8 Å². The number of nitrogens with zero attached hydrogens (tertiary/aromatic N) is 1. The number of halogens is 3. The van der Waals surface area contributed by atoms with Crippen LogP contribution in [0, 0.1) is 3.57 Å². The van der Waals surface area contributed by atoms with Crippen LogP contribution >= 0.6 is 61.1 Å². The van der Waals surface area contributed by atoms with Crippen LogP contribution in [0.2, 0.25) is 0 Å². The molecule has 3 nitrogen and oxygen atoms in total. The van der Waals surface area contributed by atoms with Gasteiger partial charge in [-0.25, -0.2) is 4.99 Å². The molecule has 18 heavy (non-hydrogen) atoms. The molecule has 92 valence electrons. The molecular weight excluding hydrogens is 522 g/mol. The normalized spacial score (nSPS) is 18.3. The summed E-state index contributed by atoms with van der Waals surface area (Å²) in [7, 11) is 0. The second-order valence-electron chi connectivity index (χ2n) is 3.52. The first-order valence-corrected chi connectivity index (χ1v) is 7.86. The molecule has 6 heteroatoms. The molecule has 0 radical (unpaired) electrons. The second-order valence-corrected chi connectivity index (χ2v) is 6.72. The second kappa shape index (κ2) is 5.83.